The van der Waals surface area contributed by atoms with Crippen LogP contribution in [-0.2, 0) is 19.6 Å². The number of hydrogen-bond acceptors (Lipinski definition) is 4. The summed E-state index contributed by atoms with van der Waals surface area (Å²) in [6.07, 6.45) is 0. The number of morpholine rings is 1. The first kappa shape index (κ1) is 15.9. The van der Waals surface area contributed by atoms with Gasteiger partial charge in [-0.1, -0.05) is 17.7 Å². The van der Waals surface area contributed by atoms with Gasteiger partial charge in [-0.3, -0.25) is 4.79 Å². The molecule has 0 unspecified atom stereocenters. The van der Waals surface area contributed by atoms with Gasteiger partial charge in [-0.2, -0.15) is 4.31 Å². The maximum Gasteiger partial charge on any atom is 0.253 e. The van der Waals surface area contributed by atoms with Crippen molar-refractivity contribution in [1.82, 2.24) is 9.62 Å². The van der Waals surface area contributed by atoms with Crippen LogP contribution >= 0.6 is 0 Å². The van der Waals surface area contributed by atoms with Crippen LogP contribution in [0.25, 0.3) is 0 Å². The first-order valence-corrected chi connectivity index (χ1v) is 8.16. The van der Waals surface area contributed by atoms with Crippen molar-refractivity contribution in [1.29, 1.82) is 0 Å². The van der Waals surface area contributed by atoms with Crippen LogP contribution in [0.5, 0.6) is 0 Å². The highest BCUT2D eigenvalue weighted by atomic mass is 32.2. The Kier molecular flexibility index (Phi) is 4.36. The van der Waals surface area contributed by atoms with Crippen molar-refractivity contribution in [3.8, 4) is 0 Å². The third-order valence-corrected chi connectivity index (χ3v) is 5.46. The number of rotatable bonds is 3. The second kappa shape index (κ2) is 5.75. The van der Waals surface area contributed by atoms with E-state index in [1.165, 1.54) is 11.4 Å². The van der Waals surface area contributed by atoms with Gasteiger partial charge in [0.15, 0.2) is 5.60 Å². The Bertz CT molecular complexity index is 627. The molecule has 116 valence electrons. The van der Waals surface area contributed by atoms with E-state index in [0.717, 1.165) is 5.56 Å². The predicted octanol–water partition coefficient (Wildman–Crippen LogP) is 0.521. The van der Waals surface area contributed by atoms with Crippen molar-refractivity contribution in [2.24, 2.45) is 0 Å². The summed E-state index contributed by atoms with van der Waals surface area (Å²) in [5.41, 5.74) is -0.170. The number of nitrogens with zero attached hydrogens (tertiary/aromatic N) is 1. The molecule has 0 saturated carbocycles. The quantitative estimate of drug-likeness (QED) is 0.883. The Morgan fingerprint density at radius 1 is 1.33 bits per heavy atom. The highest BCUT2D eigenvalue weighted by Crippen LogP contribution is 2.24. The lowest BCUT2D eigenvalue weighted by atomic mass is 10.0. The molecule has 1 fully saturated rings. The van der Waals surface area contributed by atoms with E-state index in [1.54, 1.807) is 31.2 Å². The van der Waals surface area contributed by atoms with Gasteiger partial charge in [-0.05, 0) is 26.0 Å². The number of carbonyl (C=O) groups is 1. The average molecular weight is 312 g/mol. The van der Waals surface area contributed by atoms with Crippen LogP contribution in [0, 0.1) is 6.92 Å². The Hall–Kier alpha value is -1.44. The Morgan fingerprint density at radius 2 is 1.95 bits per heavy atom. The normalized spacial score (nSPS) is 23.8. The zero-order chi connectivity index (χ0) is 15.7. The molecule has 1 aliphatic rings. The summed E-state index contributed by atoms with van der Waals surface area (Å²) < 4.78 is 32.1. The summed E-state index contributed by atoms with van der Waals surface area (Å²) in [7, 11) is -2.11. The molecule has 2 rings (SSSR count). The fourth-order valence-corrected chi connectivity index (χ4v) is 3.81. The minimum absolute atomic E-state index is 0.00286. The lowest BCUT2D eigenvalue weighted by molar-refractivity contribution is -0.151. The van der Waals surface area contributed by atoms with Crippen molar-refractivity contribution in [2.45, 2.75) is 24.3 Å². The summed E-state index contributed by atoms with van der Waals surface area (Å²) >= 11 is 0. The molecule has 1 aromatic rings. The number of benzene rings is 1. The van der Waals surface area contributed by atoms with Gasteiger partial charge in [0.1, 0.15) is 0 Å². The van der Waals surface area contributed by atoms with Crippen LogP contribution in [-0.4, -0.2) is 51.0 Å². The van der Waals surface area contributed by atoms with E-state index in [9.17, 15) is 13.2 Å². The minimum Gasteiger partial charge on any atom is -0.363 e. The second-order valence-electron chi connectivity index (χ2n) is 5.31. The number of ether oxygens (including phenoxy) is 1. The molecular formula is C14H20N2O4S. The molecule has 0 spiro atoms. The van der Waals surface area contributed by atoms with Crippen LogP contribution in [0.4, 0.5) is 0 Å². The summed E-state index contributed by atoms with van der Waals surface area (Å²) in [4.78, 5) is 12.1. The van der Waals surface area contributed by atoms with Crippen molar-refractivity contribution in [3.05, 3.63) is 29.8 Å². The van der Waals surface area contributed by atoms with Crippen molar-refractivity contribution in [3.63, 3.8) is 0 Å². The number of sulfonamides is 1. The van der Waals surface area contributed by atoms with Crippen LogP contribution in [0.15, 0.2) is 29.2 Å². The van der Waals surface area contributed by atoms with Gasteiger partial charge in [-0.15, -0.1) is 0 Å². The third-order valence-electron chi connectivity index (χ3n) is 3.61. The SMILES string of the molecule is CNC(=O)[C@@]1(C)CN(S(=O)(=O)c2ccc(C)cc2)CCO1. The number of aryl methyl sites for hydroxylation is 1. The molecule has 7 heteroatoms. The van der Waals surface area contributed by atoms with Gasteiger partial charge in [-0.25, -0.2) is 8.42 Å². The van der Waals surface area contributed by atoms with E-state index in [4.69, 9.17) is 4.74 Å². The average Bonchev–Trinajstić information content (AvgIpc) is 2.47. The maximum absolute atomic E-state index is 12.6. The fraction of sp³-hybridized carbons (Fsp3) is 0.500. The van der Waals surface area contributed by atoms with Crippen LogP contribution < -0.4 is 5.32 Å². The van der Waals surface area contributed by atoms with Crippen LogP contribution in [0.3, 0.4) is 0 Å². The van der Waals surface area contributed by atoms with Gasteiger partial charge in [0.25, 0.3) is 5.91 Å². The van der Waals surface area contributed by atoms with E-state index in [0.29, 0.717) is 0 Å². The summed E-state index contributed by atoms with van der Waals surface area (Å²) in [6.45, 7) is 3.93. The fourth-order valence-electron chi connectivity index (χ4n) is 2.30. The van der Waals surface area contributed by atoms with E-state index < -0.39 is 15.6 Å². The van der Waals surface area contributed by atoms with Gasteiger partial charge in [0.05, 0.1) is 18.0 Å². The predicted molar refractivity (Wildman–Crippen MR) is 78.4 cm³/mol. The molecule has 1 N–H and O–H groups in total. The molecule has 0 radical (unpaired) electrons. The number of hydrogen-bond donors (Lipinski definition) is 1. The molecule has 1 saturated heterocycles. The highest BCUT2D eigenvalue weighted by Gasteiger charge is 2.42. The molecule has 0 bridgehead atoms. The molecule has 1 aliphatic heterocycles. The molecular weight excluding hydrogens is 292 g/mol. The smallest absolute Gasteiger partial charge is 0.253 e. The molecule has 0 aromatic heterocycles. The molecule has 0 aliphatic carbocycles. The molecule has 6 nitrogen and oxygen atoms in total. The molecule has 1 aromatic carbocycles. The minimum atomic E-state index is -3.62. The third kappa shape index (κ3) is 3.09. The number of carbonyl (C=O) groups excluding carboxylic acids is 1. The highest BCUT2D eigenvalue weighted by molar-refractivity contribution is 7.89. The number of nitrogens with one attached hydrogen (secondary N) is 1. The van der Waals surface area contributed by atoms with Crippen molar-refractivity contribution < 1.29 is 17.9 Å². The summed E-state index contributed by atoms with van der Waals surface area (Å²) in [5.74, 6) is -0.327. The number of amides is 1. The monoisotopic (exact) mass is 312 g/mol. The van der Waals surface area contributed by atoms with E-state index in [2.05, 4.69) is 5.32 Å². The first-order valence-electron chi connectivity index (χ1n) is 6.72. The van der Waals surface area contributed by atoms with E-state index in [-0.39, 0.29) is 30.5 Å². The van der Waals surface area contributed by atoms with Crippen molar-refractivity contribution in [2.75, 3.05) is 26.7 Å². The summed E-state index contributed by atoms with van der Waals surface area (Å²) in [5, 5.41) is 2.51. The lowest BCUT2D eigenvalue weighted by Crippen LogP contribution is -2.58. The molecule has 21 heavy (non-hydrogen) atoms. The van der Waals surface area contributed by atoms with Gasteiger partial charge >= 0.3 is 0 Å². The Morgan fingerprint density at radius 3 is 2.52 bits per heavy atom. The molecule has 1 heterocycles. The molecule has 1 atom stereocenters. The van der Waals surface area contributed by atoms with Crippen LogP contribution in [0.2, 0.25) is 0 Å². The van der Waals surface area contributed by atoms with Crippen molar-refractivity contribution >= 4 is 15.9 Å². The molecule has 1 amide bonds. The standard InChI is InChI=1S/C14H20N2O4S/c1-11-4-6-12(7-5-11)21(18,19)16-8-9-20-14(2,10-16)13(17)15-3/h4-7H,8-10H2,1-3H3,(H,15,17)/t14-/m1/s1. The number of likely N-dealkylation sites (N-methyl/N-ethyl adjacent to an activating group) is 1. The Labute approximate surface area is 125 Å². The zero-order valence-electron chi connectivity index (χ0n) is 12.4. The lowest BCUT2D eigenvalue weighted by Gasteiger charge is -2.38. The van der Waals surface area contributed by atoms with E-state index >= 15 is 0 Å². The Balaban J connectivity index is 2.28. The van der Waals surface area contributed by atoms with Gasteiger partial charge in [0, 0.05) is 13.6 Å². The largest absolute Gasteiger partial charge is 0.363 e. The second-order valence-corrected chi connectivity index (χ2v) is 7.25. The van der Waals surface area contributed by atoms with Gasteiger partial charge in [0.2, 0.25) is 10.0 Å². The van der Waals surface area contributed by atoms with Crippen LogP contribution in [0.1, 0.15) is 12.5 Å². The summed E-state index contributed by atoms with van der Waals surface area (Å²) in [6, 6.07) is 6.67. The van der Waals surface area contributed by atoms with Gasteiger partial charge < -0.3 is 10.1 Å². The van der Waals surface area contributed by atoms with E-state index in [1.807, 2.05) is 6.92 Å². The topological polar surface area (TPSA) is 75.7 Å². The maximum atomic E-state index is 12.6. The zero-order valence-corrected chi connectivity index (χ0v) is 13.2. The first-order chi connectivity index (χ1) is 9.79.